The lowest BCUT2D eigenvalue weighted by Crippen LogP contribution is -2.04. The van der Waals surface area contributed by atoms with Crippen LogP contribution in [0, 0.1) is 0 Å². The molecule has 2 aromatic rings. The van der Waals surface area contributed by atoms with Crippen molar-refractivity contribution in [2.75, 3.05) is 0 Å². The van der Waals surface area contributed by atoms with Crippen molar-refractivity contribution in [1.29, 1.82) is 0 Å². The summed E-state index contributed by atoms with van der Waals surface area (Å²) in [7, 11) is 0. The molecule has 0 aliphatic heterocycles. The van der Waals surface area contributed by atoms with Crippen LogP contribution in [-0.2, 0) is 6.18 Å². The Kier molecular flexibility index (Phi) is 3.37. The lowest BCUT2D eigenvalue weighted by Gasteiger charge is -2.03. The van der Waals surface area contributed by atoms with Gasteiger partial charge in [-0.2, -0.15) is 18.3 Å². The maximum absolute atomic E-state index is 12.4. The molecule has 0 bridgehead atoms. The molecule has 0 amide bonds. The Morgan fingerprint density at radius 1 is 1.32 bits per heavy atom. The first kappa shape index (κ1) is 13.3. The van der Waals surface area contributed by atoms with E-state index in [-0.39, 0.29) is 11.5 Å². The minimum atomic E-state index is -4.43. The van der Waals surface area contributed by atoms with Gasteiger partial charge in [-0.15, -0.1) is 0 Å². The molecule has 0 fully saturated rings. The molecule has 0 radical (unpaired) electrons. The second kappa shape index (κ2) is 4.83. The van der Waals surface area contributed by atoms with Gasteiger partial charge in [-0.05, 0) is 12.1 Å². The zero-order chi connectivity index (χ0) is 14.0. The second-order valence-corrected chi connectivity index (χ2v) is 3.85. The molecule has 2 aromatic heterocycles. The van der Waals surface area contributed by atoms with E-state index in [1.165, 1.54) is 18.3 Å². The van der Waals surface area contributed by atoms with Gasteiger partial charge in [0.2, 0.25) is 0 Å². The molecule has 7 heteroatoms. The molecule has 0 aliphatic carbocycles. The normalized spacial score (nSPS) is 11.6. The van der Waals surface area contributed by atoms with Crippen LogP contribution in [0.15, 0.2) is 30.7 Å². The van der Waals surface area contributed by atoms with E-state index in [1.807, 2.05) is 0 Å². The van der Waals surface area contributed by atoms with E-state index in [1.54, 1.807) is 6.92 Å². The van der Waals surface area contributed by atoms with Gasteiger partial charge in [0.15, 0.2) is 5.78 Å². The van der Waals surface area contributed by atoms with E-state index in [2.05, 4.69) is 10.1 Å². The van der Waals surface area contributed by atoms with E-state index in [4.69, 9.17) is 0 Å². The first-order chi connectivity index (χ1) is 8.91. The number of Topliss-reactive ketones (excluding diaryl/α,β-unsaturated/α-hetero) is 1. The molecule has 19 heavy (non-hydrogen) atoms. The predicted molar refractivity (Wildman–Crippen MR) is 61.0 cm³/mol. The molecule has 100 valence electrons. The molecule has 4 nitrogen and oxygen atoms in total. The van der Waals surface area contributed by atoms with E-state index in [9.17, 15) is 18.0 Å². The Morgan fingerprint density at radius 2 is 2.05 bits per heavy atom. The average molecular weight is 269 g/mol. The zero-order valence-corrected chi connectivity index (χ0v) is 9.98. The van der Waals surface area contributed by atoms with Crippen molar-refractivity contribution in [2.24, 2.45) is 0 Å². The van der Waals surface area contributed by atoms with Crippen molar-refractivity contribution in [2.45, 2.75) is 19.5 Å². The monoisotopic (exact) mass is 269 g/mol. The van der Waals surface area contributed by atoms with E-state index < -0.39 is 11.7 Å². The number of pyridine rings is 1. The van der Waals surface area contributed by atoms with Crippen LogP contribution >= 0.6 is 0 Å². The van der Waals surface area contributed by atoms with E-state index >= 15 is 0 Å². The minimum Gasteiger partial charge on any atom is -0.292 e. The number of hydrogen-bond acceptors (Lipinski definition) is 3. The van der Waals surface area contributed by atoms with Gasteiger partial charge in [-0.3, -0.25) is 9.78 Å². The Labute approximate surface area is 106 Å². The maximum atomic E-state index is 12.4. The van der Waals surface area contributed by atoms with Crippen molar-refractivity contribution in [1.82, 2.24) is 14.8 Å². The Hall–Kier alpha value is -2.18. The van der Waals surface area contributed by atoms with Crippen molar-refractivity contribution >= 4 is 5.78 Å². The number of alkyl halides is 3. The Morgan fingerprint density at radius 3 is 2.53 bits per heavy atom. The fourth-order valence-corrected chi connectivity index (χ4v) is 1.48. The van der Waals surface area contributed by atoms with Gasteiger partial charge >= 0.3 is 6.18 Å². The Balaban J connectivity index is 2.28. The first-order valence-electron chi connectivity index (χ1n) is 5.53. The summed E-state index contributed by atoms with van der Waals surface area (Å²) >= 11 is 0. The predicted octanol–water partition coefficient (Wildman–Crippen LogP) is 2.88. The summed E-state index contributed by atoms with van der Waals surface area (Å²) in [6, 6.07) is 2.97. The largest absolute Gasteiger partial charge is 0.419 e. The van der Waals surface area contributed by atoms with Gasteiger partial charge in [0.25, 0.3) is 0 Å². The summed E-state index contributed by atoms with van der Waals surface area (Å²) in [5.41, 5.74) is -0.182. The SMILES string of the molecule is CCC(=O)c1ccc(-n2cc(C(F)(F)F)cn2)cn1. The van der Waals surface area contributed by atoms with Crippen molar-refractivity contribution in [3.63, 3.8) is 0 Å². The number of carbonyl (C=O) groups is 1. The zero-order valence-electron chi connectivity index (χ0n) is 9.98. The summed E-state index contributed by atoms with van der Waals surface area (Å²) in [4.78, 5) is 15.3. The van der Waals surface area contributed by atoms with Gasteiger partial charge in [-0.25, -0.2) is 4.68 Å². The van der Waals surface area contributed by atoms with Crippen LogP contribution in [0.5, 0.6) is 0 Å². The number of ketones is 1. The number of carbonyl (C=O) groups excluding carboxylic acids is 1. The number of halogens is 3. The summed E-state index contributed by atoms with van der Waals surface area (Å²) in [6.07, 6.45) is -1.17. The van der Waals surface area contributed by atoms with Crippen LogP contribution in [0.25, 0.3) is 5.69 Å². The van der Waals surface area contributed by atoms with Crippen LogP contribution in [0.2, 0.25) is 0 Å². The molecular formula is C12H10F3N3O. The van der Waals surface area contributed by atoms with E-state index in [0.717, 1.165) is 17.1 Å². The fourth-order valence-electron chi connectivity index (χ4n) is 1.48. The molecule has 0 N–H and O–H groups in total. The van der Waals surface area contributed by atoms with Gasteiger partial charge in [-0.1, -0.05) is 6.92 Å². The van der Waals surface area contributed by atoms with Gasteiger partial charge in [0.05, 0.1) is 23.6 Å². The summed E-state index contributed by atoms with van der Waals surface area (Å²) < 4.78 is 38.3. The fraction of sp³-hybridized carbons (Fsp3) is 0.250. The third-order valence-corrected chi connectivity index (χ3v) is 2.53. The lowest BCUT2D eigenvalue weighted by molar-refractivity contribution is -0.137. The maximum Gasteiger partial charge on any atom is 0.419 e. The molecule has 0 saturated heterocycles. The molecular weight excluding hydrogens is 259 g/mol. The quantitative estimate of drug-likeness (QED) is 0.805. The average Bonchev–Trinajstić information content (AvgIpc) is 2.87. The Bertz CT molecular complexity index is 587. The smallest absolute Gasteiger partial charge is 0.292 e. The molecule has 0 atom stereocenters. The highest BCUT2D eigenvalue weighted by atomic mass is 19.4. The van der Waals surface area contributed by atoms with Gasteiger partial charge in [0.1, 0.15) is 5.69 Å². The van der Waals surface area contributed by atoms with Crippen molar-refractivity contribution < 1.29 is 18.0 Å². The summed E-state index contributed by atoms with van der Waals surface area (Å²) in [5.74, 6) is -0.122. The topological polar surface area (TPSA) is 47.8 Å². The molecule has 0 saturated carbocycles. The third-order valence-electron chi connectivity index (χ3n) is 2.53. The number of aromatic nitrogens is 3. The highest BCUT2D eigenvalue weighted by molar-refractivity contribution is 5.93. The number of rotatable bonds is 3. The molecule has 0 unspecified atom stereocenters. The van der Waals surface area contributed by atoms with Crippen LogP contribution in [0.3, 0.4) is 0 Å². The summed E-state index contributed by atoms with van der Waals surface area (Å²) in [5, 5.41) is 3.62. The molecule has 0 aliphatic rings. The third kappa shape index (κ3) is 2.81. The minimum absolute atomic E-state index is 0.122. The standard InChI is InChI=1S/C12H10F3N3O/c1-2-11(19)10-4-3-9(6-16-10)18-7-8(5-17-18)12(13,14)15/h3-7H,2H2,1H3. The van der Waals surface area contributed by atoms with Crippen molar-refractivity contribution in [3.05, 3.63) is 42.0 Å². The van der Waals surface area contributed by atoms with Crippen LogP contribution < -0.4 is 0 Å². The lowest BCUT2D eigenvalue weighted by atomic mass is 10.2. The highest BCUT2D eigenvalue weighted by Crippen LogP contribution is 2.29. The van der Waals surface area contributed by atoms with Gasteiger partial charge in [0, 0.05) is 12.6 Å². The molecule has 2 heterocycles. The number of hydrogen-bond donors (Lipinski definition) is 0. The van der Waals surface area contributed by atoms with E-state index in [0.29, 0.717) is 12.1 Å². The molecule has 0 aromatic carbocycles. The second-order valence-electron chi connectivity index (χ2n) is 3.85. The van der Waals surface area contributed by atoms with Crippen LogP contribution in [0.1, 0.15) is 29.4 Å². The van der Waals surface area contributed by atoms with Crippen LogP contribution in [0.4, 0.5) is 13.2 Å². The molecule has 2 rings (SSSR count). The van der Waals surface area contributed by atoms with Crippen LogP contribution in [-0.4, -0.2) is 20.5 Å². The number of nitrogens with zero attached hydrogens (tertiary/aromatic N) is 3. The van der Waals surface area contributed by atoms with Crippen molar-refractivity contribution in [3.8, 4) is 5.69 Å². The molecule has 0 spiro atoms. The first-order valence-corrected chi connectivity index (χ1v) is 5.53. The highest BCUT2D eigenvalue weighted by Gasteiger charge is 2.32. The van der Waals surface area contributed by atoms with Gasteiger partial charge < -0.3 is 0 Å². The summed E-state index contributed by atoms with van der Waals surface area (Å²) in [6.45, 7) is 1.71.